The highest BCUT2D eigenvalue weighted by Gasteiger charge is 2.75. The standard InChI is InChI=1S/C8H5F10NO2/c1-2-4(20)21-3-5(9,10)6(11,12)19(7(13,14)15)8(16,17)18/h2H,1,3H2. The van der Waals surface area contributed by atoms with Gasteiger partial charge in [-0.1, -0.05) is 11.5 Å². The van der Waals surface area contributed by atoms with Crippen LogP contribution in [0.1, 0.15) is 0 Å². The van der Waals surface area contributed by atoms with Gasteiger partial charge in [-0.05, 0) is 0 Å². The fourth-order valence-electron chi connectivity index (χ4n) is 0.933. The van der Waals surface area contributed by atoms with Crippen LogP contribution in [-0.2, 0) is 9.53 Å². The Morgan fingerprint density at radius 2 is 1.33 bits per heavy atom. The molecule has 0 fully saturated rings. The van der Waals surface area contributed by atoms with Crippen molar-refractivity contribution in [3.63, 3.8) is 0 Å². The van der Waals surface area contributed by atoms with Gasteiger partial charge >= 0.3 is 30.5 Å². The van der Waals surface area contributed by atoms with Crippen molar-refractivity contribution in [2.24, 2.45) is 0 Å². The van der Waals surface area contributed by atoms with E-state index in [2.05, 4.69) is 11.3 Å². The molecule has 0 aliphatic heterocycles. The smallest absolute Gasteiger partial charge is 0.456 e. The highest BCUT2D eigenvalue weighted by atomic mass is 19.4. The maximum Gasteiger partial charge on any atom is 0.472 e. The summed E-state index contributed by atoms with van der Waals surface area (Å²) in [5.41, 5.74) is 0. The molecule has 124 valence electrons. The largest absolute Gasteiger partial charge is 0.472 e. The van der Waals surface area contributed by atoms with Gasteiger partial charge in [0.05, 0.1) is 0 Å². The summed E-state index contributed by atoms with van der Waals surface area (Å²) >= 11 is 0. The Kier molecular flexibility index (Phi) is 5.28. The van der Waals surface area contributed by atoms with E-state index in [9.17, 15) is 48.7 Å². The number of ether oxygens (including phenoxy) is 1. The van der Waals surface area contributed by atoms with Gasteiger partial charge < -0.3 is 4.74 Å². The van der Waals surface area contributed by atoms with Gasteiger partial charge in [0.15, 0.2) is 6.61 Å². The van der Waals surface area contributed by atoms with E-state index in [0.29, 0.717) is 0 Å². The zero-order chi connectivity index (χ0) is 17.3. The Hall–Kier alpha value is -1.53. The summed E-state index contributed by atoms with van der Waals surface area (Å²) < 4.78 is 127. The quantitative estimate of drug-likeness (QED) is 0.334. The second kappa shape index (κ2) is 5.69. The van der Waals surface area contributed by atoms with E-state index in [-0.39, 0.29) is 6.08 Å². The summed E-state index contributed by atoms with van der Waals surface area (Å²) in [4.78, 5) is 6.80. The van der Waals surface area contributed by atoms with E-state index in [4.69, 9.17) is 0 Å². The summed E-state index contributed by atoms with van der Waals surface area (Å²) in [6.45, 7) is -0.0550. The number of alkyl halides is 10. The molecule has 0 bridgehead atoms. The fraction of sp³-hybridized carbons (Fsp3) is 0.625. The fourth-order valence-corrected chi connectivity index (χ4v) is 0.933. The second-order valence-corrected chi connectivity index (χ2v) is 3.33. The lowest BCUT2D eigenvalue weighted by Gasteiger charge is -2.36. The predicted molar refractivity (Wildman–Crippen MR) is 45.0 cm³/mol. The molecule has 0 unspecified atom stereocenters. The van der Waals surface area contributed by atoms with Crippen LogP contribution in [0.2, 0.25) is 0 Å². The van der Waals surface area contributed by atoms with Crippen LogP contribution in [-0.4, -0.2) is 42.0 Å². The monoisotopic (exact) mass is 337 g/mol. The number of rotatable bonds is 5. The molecule has 0 aliphatic rings. The van der Waals surface area contributed by atoms with E-state index in [1.807, 2.05) is 0 Å². The van der Waals surface area contributed by atoms with Crippen molar-refractivity contribution in [3.05, 3.63) is 12.7 Å². The minimum atomic E-state index is -6.85. The Bertz CT molecular complexity index is 385. The lowest BCUT2D eigenvalue weighted by Crippen LogP contribution is -2.65. The highest BCUT2D eigenvalue weighted by molar-refractivity contribution is 5.81. The maximum atomic E-state index is 12.9. The number of esters is 1. The first-order valence-electron chi connectivity index (χ1n) is 4.56. The topological polar surface area (TPSA) is 29.5 Å². The third-order valence-corrected chi connectivity index (χ3v) is 1.79. The summed E-state index contributed by atoms with van der Waals surface area (Å²) in [5, 5.41) is 0. The molecule has 3 nitrogen and oxygen atoms in total. The van der Waals surface area contributed by atoms with Gasteiger partial charge in [0.25, 0.3) is 0 Å². The van der Waals surface area contributed by atoms with Gasteiger partial charge in [0, 0.05) is 6.08 Å². The molecular weight excluding hydrogens is 332 g/mol. The number of carbonyl (C=O) groups excluding carboxylic acids is 1. The van der Waals surface area contributed by atoms with Crippen LogP contribution in [0.4, 0.5) is 43.9 Å². The van der Waals surface area contributed by atoms with E-state index in [0.717, 1.165) is 0 Å². The van der Waals surface area contributed by atoms with Crippen LogP contribution in [0.3, 0.4) is 0 Å². The molecule has 0 rings (SSSR count). The van der Waals surface area contributed by atoms with Crippen molar-refractivity contribution in [1.82, 2.24) is 4.90 Å². The van der Waals surface area contributed by atoms with Crippen molar-refractivity contribution in [1.29, 1.82) is 0 Å². The molecule has 0 heterocycles. The zero-order valence-electron chi connectivity index (χ0n) is 9.53. The van der Waals surface area contributed by atoms with Gasteiger partial charge in [-0.2, -0.15) is 43.9 Å². The molecule has 0 saturated heterocycles. The van der Waals surface area contributed by atoms with Gasteiger partial charge in [-0.3, -0.25) is 0 Å². The van der Waals surface area contributed by atoms with Gasteiger partial charge in [-0.15, -0.1) is 0 Å². The molecule has 0 spiro atoms. The molecule has 13 heteroatoms. The number of halogens is 10. The van der Waals surface area contributed by atoms with Crippen molar-refractivity contribution in [2.45, 2.75) is 24.6 Å². The van der Waals surface area contributed by atoms with E-state index < -0.39 is 42.0 Å². The molecule has 0 aromatic rings. The molecule has 21 heavy (non-hydrogen) atoms. The molecule has 0 saturated carbocycles. The van der Waals surface area contributed by atoms with Gasteiger partial charge in [0.1, 0.15) is 0 Å². The molecule has 0 aromatic carbocycles. The summed E-state index contributed by atoms with van der Waals surface area (Å²) in [6.07, 6.45) is -13.5. The highest BCUT2D eigenvalue weighted by Crippen LogP contribution is 2.48. The molecule has 0 N–H and O–H groups in total. The first-order valence-corrected chi connectivity index (χ1v) is 4.56. The minimum absolute atomic E-state index is 0.194. The van der Waals surface area contributed by atoms with E-state index in [1.165, 1.54) is 0 Å². The van der Waals surface area contributed by atoms with Gasteiger partial charge in [0.2, 0.25) is 0 Å². The molecule has 0 amide bonds. The van der Waals surface area contributed by atoms with Crippen LogP contribution in [0, 0.1) is 0 Å². The zero-order valence-corrected chi connectivity index (χ0v) is 9.53. The number of hydrogen-bond acceptors (Lipinski definition) is 3. The molecule has 0 aliphatic carbocycles. The summed E-state index contributed by atoms with van der Waals surface area (Å²) in [7, 11) is 0. The SMILES string of the molecule is C=CC(=O)OCC(F)(F)C(F)(F)N(C(F)(F)F)C(F)(F)F. The molecule has 0 aromatic heterocycles. The number of carbonyl (C=O) groups is 1. The second-order valence-electron chi connectivity index (χ2n) is 3.33. The lowest BCUT2D eigenvalue weighted by molar-refractivity contribution is -0.470. The third-order valence-electron chi connectivity index (χ3n) is 1.79. The average Bonchev–Trinajstić information content (AvgIpc) is 2.20. The predicted octanol–water partition coefficient (Wildman–Crippen LogP) is 3.29. The molecule has 0 atom stereocenters. The Morgan fingerprint density at radius 1 is 0.952 bits per heavy atom. The number of hydrogen-bond donors (Lipinski definition) is 0. The van der Waals surface area contributed by atoms with Crippen LogP contribution in [0.5, 0.6) is 0 Å². The van der Waals surface area contributed by atoms with Crippen molar-refractivity contribution in [2.75, 3.05) is 6.61 Å². The van der Waals surface area contributed by atoms with Crippen LogP contribution in [0.15, 0.2) is 12.7 Å². The van der Waals surface area contributed by atoms with Crippen LogP contribution in [0.25, 0.3) is 0 Å². The lowest BCUT2D eigenvalue weighted by atomic mass is 10.2. The maximum absolute atomic E-state index is 12.9. The normalized spacial score (nSPS) is 14.2. The number of nitrogens with zero attached hydrogens (tertiary/aromatic N) is 1. The summed E-state index contributed by atoms with van der Waals surface area (Å²) in [6, 6.07) is -6.75. The Labute approximate surface area is 109 Å². The first kappa shape index (κ1) is 19.5. The van der Waals surface area contributed by atoms with Crippen molar-refractivity contribution in [3.8, 4) is 0 Å². The van der Waals surface area contributed by atoms with Crippen LogP contribution < -0.4 is 0 Å². The van der Waals surface area contributed by atoms with E-state index >= 15 is 0 Å². The average molecular weight is 337 g/mol. The van der Waals surface area contributed by atoms with Gasteiger partial charge in [-0.25, -0.2) is 4.79 Å². The minimum Gasteiger partial charge on any atom is -0.456 e. The summed E-state index contributed by atoms with van der Waals surface area (Å²) in [5.74, 6) is -7.72. The molecule has 0 radical (unpaired) electrons. The third kappa shape index (κ3) is 4.47. The van der Waals surface area contributed by atoms with Crippen LogP contribution >= 0.6 is 0 Å². The Balaban J connectivity index is 5.56. The van der Waals surface area contributed by atoms with Crippen molar-refractivity contribution < 1.29 is 53.4 Å². The Morgan fingerprint density at radius 3 is 1.62 bits per heavy atom. The van der Waals surface area contributed by atoms with Crippen molar-refractivity contribution >= 4 is 5.97 Å². The first-order chi connectivity index (χ1) is 9.07. The van der Waals surface area contributed by atoms with E-state index in [1.54, 1.807) is 0 Å². The molecular formula is C8H5F10NO2.